The number of halogens is 1. The standard InChI is InChI=1S/C15H15BrO2/c16-14-10-12(6-7-15(14)17)8-9-18-11-13-4-2-1-3-5-13/h1-7,10,17H,8-9,11H2. The van der Waals surface area contributed by atoms with Crippen LogP contribution in [0.25, 0.3) is 0 Å². The van der Waals surface area contributed by atoms with Crippen molar-refractivity contribution in [2.75, 3.05) is 6.61 Å². The molecule has 0 aliphatic rings. The van der Waals surface area contributed by atoms with E-state index in [1.54, 1.807) is 6.07 Å². The van der Waals surface area contributed by atoms with Crippen molar-refractivity contribution < 1.29 is 9.84 Å². The second-order valence-corrected chi connectivity index (χ2v) is 4.93. The molecule has 0 heterocycles. The van der Waals surface area contributed by atoms with Gasteiger partial charge in [-0.05, 0) is 45.6 Å². The molecule has 0 amide bonds. The molecule has 0 spiro atoms. The summed E-state index contributed by atoms with van der Waals surface area (Å²) in [5.74, 6) is 0.268. The predicted octanol–water partition coefficient (Wildman–Crippen LogP) is 3.91. The normalized spacial score (nSPS) is 10.5. The van der Waals surface area contributed by atoms with Crippen LogP contribution in [0.15, 0.2) is 53.0 Å². The van der Waals surface area contributed by atoms with Crippen molar-refractivity contribution in [1.82, 2.24) is 0 Å². The minimum atomic E-state index is 0.268. The molecular weight excluding hydrogens is 292 g/mol. The number of phenolic OH excluding ortho intramolecular Hbond substituents is 1. The molecule has 0 radical (unpaired) electrons. The van der Waals surface area contributed by atoms with E-state index in [-0.39, 0.29) is 5.75 Å². The van der Waals surface area contributed by atoms with Gasteiger partial charge in [-0.1, -0.05) is 36.4 Å². The summed E-state index contributed by atoms with van der Waals surface area (Å²) >= 11 is 3.30. The maximum absolute atomic E-state index is 9.39. The molecule has 2 aromatic carbocycles. The number of aromatic hydroxyl groups is 1. The molecule has 2 nitrogen and oxygen atoms in total. The molecule has 3 heteroatoms. The molecule has 0 fully saturated rings. The van der Waals surface area contributed by atoms with Crippen LogP contribution in [0.1, 0.15) is 11.1 Å². The van der Waals surface area contributed by atoms with Crippen LogP contribution in [-0.2, 0) is 17.8 Å². The van der Waals surface area contributed by atoms with Gasteiger partial charge >= 0.3 is 0 Å². The monoisotopic (exact) mass is 306 g/mol. The molecule has 0 aromatic heterocycles. The Bertz CT molecular complexity index is 497. The fraction of sp³-hybridized carbons (Fsp3) is 0.200. The van der Waals surface area contributed by atoms with E-state index in [4.69, 9.17) is 4.74 Å². The summed E-state index contributed by atoms with van der Waals surface area (Å²) in [6, 6.07) is 15.6. The van der Waals surface area contributed by atoms with Gasteiger partial charge in [0.2, 0.25) is 0 Å². The molecule has 2 rings (SSSR count). The van der Waals surface area contributed by atoms with Gasteiger partial charge in [-0.15, -0.1) is 0 Å². The van der Waals surface area contributed by atoms with E-state index in [2.05, 4.69) is 28.1 Å². The summed E-state index contributed by atoms with van der Waals surface area (Å²) in [5, 5.41) is 9.39. The zero-order valence-corrected chi connectivity index (χ0v) is 11.6. The van der Waals surface area contributed by atoms with Crippen LogP contribution in [0.2, 0.25) is 0 Å². The third-order valence-electron chi connectivity index (χ3n) is 2.66. The molecule has 0 saturated heterocycles. The summed E-state index contributed by atoms with van der Waals surface area (Å²) in [6.07, 6.45) is 0.839. The first-order valence-corrected chi connectivity index (χ1v) is 6.64. The number of benzene rings is 2. The lowest BCUT2D eigenvalue weighted by atomic mass is 10.1. The molecule has 18 heavy (non-hydrogen) atoms. The van der Waals surface area contributed by atoms with E-state index in [9.17, 15) is 5.11 Å². The average molecular weight is 307 g/mol. The van der Waals surface area contributed by atoms with E-state index in [0.717, 1.165) is 16.5 Å². The van der Waals surface area contributed by atoms with Crippen molar-refractivity contribution in [2.45, 2.75) is 13.0 Å². The van der Waals surface area contributed by atoms with E-state index >= 15 is 0 Å². The molecule has 0 aliphatic heterocycles. The summed E-state index contributed by atoms with van der Waals surface area (Å²) in [4.78, 5) is 0. The van der Waals surface area contributed by atoms with E-state index in [0.29, 0.717) is 13.2 Å². The smallest absolute Gasteiger partial charge is 0.129 e. The Morgan fingerprint density at radius 2 is 1.78 bits per heavy atom. The van der Waals surface area contributed by atoms with Gasteiger partial charge in [0, 0.05) is 0 Å². The van der Waals surface area contributed by atoms with E-state index < -0.39 is 0 Å². The lowest BCUT2D eigenvalue weighted by Gasteiger charge is -2.05. The van der Waals surface area contributed by atoms with Gasteiger partial charge < -0.3 is 9.84 Å². The van der Waals surface area contributed by atoms with Gasteiger partial charge in [0.25, 0.3) is 0 Å². The zero-order chi connectivity index (χ0) is 12.8. The summed E-state index contributed by atoms with van der Waals surface area (Å²) < 4.78 is 6.34. The second-order valence-electron chi connectivity index (χ2n) is 4.07. The van der Waals surface area contributed by atoms with E-state index in [1.165, 1.54) is 5.56 Å². The Kier molecular flexibility index (Phi) is 4.79. The minimum absolute atomic E-state index is 0.268. The van der Waals surface area contributed by atoms with E-state index in [1.807, 2.05) is 30.3 Å². The van der Waals surface area contributed by atoms with Crippen molar-refractivity contribution in [3.63, 3.8) is 0 Å². The van der Waals surface area contributed by atoms with Crippen LogP contribution in [0, 0.1) is 0 Å². The Morgan fingerprint density at radius 3 is 2.50 bits per heavy atom. The Hall–Kier alpha value is -1.32. The van der Waals surface area contributed by atoms with Crippen molar-refractivity contribution in [3.05, 3.63) is 64.1 Å². The SMILES string of the molecule is Oc1ccc(CCOCc2ccccc2)cc1Br. The topological polar surface area (TPSA) is 29.5 Å². The fourth-order valence-electron chi connectivity index (χ4n) is 1.66. The molecular formula is C15H15BrO2. The molecule has 2 aromatic rings. The van der Waals surface area contributed by atoms with Crippen molar-refractivity contribution in [1.29, 1.82) is 0 Å². The van der Waals surface area contributed by atoms with Gasteiger partial charge in [0.15, 0.2) is 0 Å². The molecule has 0 bridgehead atoms. The fourth-order valence-corrected chi connectivity index (χ4v) is 2.09. The highest BCUT2D eigenvalue weighted by Gasteiger charge is 2.00. The van der Waals surface area contributed by atoms with Crippen LogP contribution in [-0.4, -0.2) is 11.7 Å². The van der Waals surface area contributed by atoms with Crippen LogP contribution in [0.3, 0.4) is 0 Å². The highest BCUT2D eigenvalue weighted by atomic mass is 79.9. The minimum Gasteiger partial charge on any atom is -0.507 e. The number of hydrogen-bond donors (Lipinski definition) is 1. The van der Waals surface area contributed by atoms with Gasteiger partial charge in [0.1, 0.15) is 5.75 Å². The second kappa shape index (κ2) is 6.57. The van der Waals surface area contributed by atoms with Crippen LogP contribution in [0.4, 0.5) is 0 Å². The molecule has 0 atom stereocenters. The Morgan fingerprint density at radius 1 is 1.00 bits per heavy atom. The van der Waals surface area contributed by atoms with Crippen molar-refractivity contribution in [2.24, 2.45) is 0 Å². The van der Waals surface area contributed by atoms with Crippen molar-refractivity contribution >= 4 is 15.9 Å². The van der Waals surface area contributed by atoms with Gasteiger partial charge in [-0.2, -0.15) is 0 Å². The maximum Gasteiger partial charge on any atom is 0.129 e. The number of ether oxygens (including phenoxy) is 1. The van der Waals surface area contributed by atoms with Gasteiger partial charge in [-0.25, -0.2) is 0 Å². The first kappa shape index (κ1) is 13.1. The summed E-state index contributed by atoms with van der Waals surface area (Å²) in [7, 11) is 0. The molecule has 1 N–H and O–H groups in total. The lowest BCUT2D eigenvalue weighted by Crippen LogP contribution is -1.99. The predicted molar refractivity (Wildman–Crippen MR) is 75.6 cm³/mol. The quantitative estimate of drug-likeness (QED) is 0.849. The van der Waals surface area contributed by atoms with Crippen LogP contribution in [0.5, 0.6) is 5.75 Å². The van der Waals surface area contributed by atoms with Crippen LogP contribution >= 0.6 is 15.9 Å². The number of rotatable bonds is 5. The van der Waals surface area contributed by atoms with Gasteiger partial charge in [0.05, 0.1) is 17.7 Å². The highest BCUT2D eigenvalue weighted by Crippen LogP contribution is 2.24. The molecule has 0 saturated carbocycles. The highest BCUT2D eigenvalue weighted by molar-refractivity contribution is 9.10. The third kappa shape index (κ3) is 3.86. The number of phenols is 1. The number of hydrogen-bond acceptors (Lipinski definition) is 2. The lowest BCUT2D eigenvalue weighted by molar-refractivity contribution is 0.124. The molecule has 0 unspecified atom stereocenters. The Labute approximate surface area is 115 Å². The van der Waals surface area contributed by atoms with Gasteiger partial charge in [-0.3, -0.25) is 0 Å². The summed E-state index contributed by atoms with van der Waals surface area (Å²) in [5.41, 5.74) is 2.33. The summed E-state index contributed by atoms with van der Waals surface area (Å²) in [6.45, 7) is 1.31. The zero-order valence-electron chi connectivity index (χ0n) is 9.97. The Balaban J connectivity index is 1.77. The largest absolute Gasteiger partial charge is 0.507 e. The van der Waals surface area contributed by atoms with Crippen LogP contribution < -0.4 is 0 Å². The van der Waals surface area contributed by atoms with Crippen molar-refractivity contribution in [3.8, 4) is 5.75 Å². The third-order valence-corrected chi connectivity index (χ3v) is 3.29. The first-order valence-electron chi connectivity index (χ1n) is 5.85. The average Bonchev–Trinajstić information content (AvgIpc) is 2.40. The maximum atomic E-state index is 9.39. The molecule has 0 aliphatic carbocycles. The first-order chi connectivity index (χ1) is 8.75. The molecule has 94 valence electrons.